The maximum atomic E-state index is 13.0. The molecule has 0 spiro atoms. The second kappa shape index (κ2) is 9.82. The van der Waals surface area contributed by atoms with Crippen LogP contribution in [0.5, 0.6) is 0 Å². The first-order valence-corrected chi connectivity index (χ1v) is 10.3. The van der Waals surface area contributed by atoms with Gasteiger partial charge in [-0.1, -0.05) is 18.2 Å². The van der Waals surface area contributed by atoms with Crippen LogP contribution in [0.4, 0.5) is 0 Å². The minimum Gasteiger partial charge on any atom is -0.341 e. The molecule has 1 fully saturated rings. The highest BCUT2D eigenvalue weighted by Crippen LogP contribution is 2.20. The fraction of sp³-hybridized carbons (Fsp3) is 0.579. The van der Waals surface area contributed by atoms with Crippen molar-refractivity contribution in [2.45, 2.75) is 38.3 Å². The molecule has 1 saturated heterocycles. The number of amides is 2. The number of likely N-dealkylation sites (tertiary alicyclic amines) is 1. The number of benzene rings is 1. The molecule has 5 nitrogen and oxygen atoms in total. The Morgan fingerprint density at radius 1 is 1.36 bits per heavy atom. The fourth-order valence-electron chi connectivity index (χ4n) is 3.18. The first-order chi connectivity index (χ1) is 12.0. The van der Waals surface area contributed by atoms with Crippen LogP contribution in [-0.2, 0) is 4.79 Å². The third-order valence-corrected chi connectivity index (χ3v) is 5.41. The largest absolute Gasteiger partial charge is 0.341 e. The van der Waals surface area contributed by atoms with E-state index in [4.69, 9.17) is 5.73 Å². The van der Waals surface area contributed by atoms with E-state index in [9.17, 15) is 9.59 Å². The highest BCUT2D eigenvalue weighted by atomic mass is 32.2. The lowest BCUT2D eigenvalue weighted by molar-refractivity contribution is -0.135. The van der Waals surface area contributed by atoms with Gasteiger partial charge in [0.2, 0.25) is 5.91 Å². The Morgan fingerprint density at radius 2 is 2.08 bits per heavy atom. The molecule has 3 N–H and O–H groups in total. The first-order valence-electron chi connectivity index (χ1n) is 8.92. The van der Waals surface area contributed by atoms with Gasteiger partial charge in [0.15, 0.2) is 0 Å². The average molecular weight is 364 g/mol. The van der Waals surface area contributed by atoms with Crippen LogP contribution in [0.2, 0.25) is 0 Å². The summed E-state index contributed by atoms with van der Waals surface area (Å²) < 4.78 is 0. The monoisotopic (exact) mass is 363 g/mol. The molecule has 3 atom stereocenters. The van der Waals surface area contributed by atoms with E-state index in [1.807, 2.05) is 36.3 Å². The van der Waals surface area contributed by atoms with Gasteiger partial charge in [-0.2, -0.15) is 11.8 Å². The minimum atomic E-state index is -0.480. The van der Waals surface area contributed by atoms with Gasteiger partial charge < -0.3 is 16.0 Å². The number of hydrogen-bond acceptors (Lipinski definition) is 4. The summed E-state index contributed by atoms with van der Waals surface area (Å²) in [7, 11) is 0. The SMILES string of the molecule is CSCCC(NC(=O)c1ccccc1)C(=O)N1CCCC(C(C)N)C1. The Bertz CT molecular complexity index is 565. The van der Waals surface area contributed by atoms with Crippen molar-refractivity contribution in [3.63, 3.8) is 0 Å². The van der Waals surface area contributed by atoms with Crippen LogP contribution in [0.3, 0.4) is 0 Å². The third-order valence-electron chi connectivity index (χ3n) is 4.76. The van der Waals surface area contributed by atoms with Crippen molar-refractivity contribution < 1.29 is 9.59 Å². The molecule has 1 aromatic rings. The highest BCUT2D eigenvalue weighted by Gasteiger charge is 2.31. The lowest BCUT2D eigenvalue weighted by atomic mass is 9.91. The van der Waals surface area contributed by atoms with Crippen LogP contribution in [0.1, 0.15) is 36.5 Å². The number of nitrogens with zero attached hydrogens (tertiary/aromatic N) is 1. The molecule has 6 heteroatoms. The van der Waals surface area contributed by atoms with Gasteiger partial charge in [-0.3, -0.25) is 9.59 Å². The number of rotatable bonds is 7. The molecular weight excluding hydrogens is 334 g/mol. The Hall–Kier alpha value is -1.53. The quantitative estimate of drug-likeness (QED) is 0.778. The smallest absolute Gasteiger partial charge is 0.251 e. The maximum absolute atomic E-state index is 13.0. The Morgan fingerprint density at radius 3 is 2.72 bits per heavy atom. The lowest BCUT2D eigenvalue weighted by Gasteiger charge is -2.36. The van der Waals surface area contributed by atoms with Gasteiger partial charge in [-0.15, -0.1) is 0 Å². The van der Waals surface area contributed by atoms with Crippen molar-refractivity contribution in [2.24, 2.45) is 11.7 Å². The summed E-state index contributed by atoms with van der Waals surface area (Å²) in [5, 5.41) is 2.93. The van der Waals surface area contributed by atoms with E-state index in [2.05, 4.69) is 5.32 Å². The molecule has 0 radical (unpaired) electrons. The molecule has 0 bridgehead atoms. The van der Waals surface area contributed by atoms with E-state index < -0.39 is 6.04 Å². The van der Waals surface area contributed by atoms with Crippen molar-refractivity contribution in [3.05, 3.63) is 35.9 Å². The molecule has 1 aromatic carbocycles. The lowest BCUT2D eigenvalue weighted by Crippen LogP contribution is -2.53. The average Bonchev–Trinajstić information content (AvgIpc) is 2.65. The van der Waals surface area contributed by atoms with Crippen molar-refractivity contribution in [1.29, 1.82) is 0 Å². The fourth-order valence-corrected chi connectivity index (χ4v) is 3.66. The predicted molar refractivity (Wildman–Crippen MR) is 104 cm³/mol. The Kier molecular flexibility index (Phi) is 7.78. The summed E-state index contributed by atoms with van der Waals surface area (Å²) in [5.41, 5.74) is 6.61. The number of thioether (sulfide) groups is 1. The Balaban J connectivity index is 2.05. The van der Waals surface area contributed by atoms with E-state index in [0.29, 0.717) is 24.4 Å². The summed E-state index contributed by atoms with van der Waals surface area (Å²) in [6, 6.07) is 8.65. The van der Waals surface area contributed by atoms with E-state index >= 15 is 0 Å². The number of nitrogens with one attached hydrogen (secondary N) is 1. The van der Waals surface area contributed by atoms with Gasteiger partial charge in [0.05, 0.1) is 0 Å². The van der Waals surface area contributed by atoms with Gasteiger partial charge in [-0.05, 0) is 56.2 Å². The predicted octanol–water partition coefficient (Wildman–Crippen LogP) is 2.12. The van der Waals surface area contributed by atoms with Crippen LogP contribution < -0.4 is 11.1 Å². The zero-order valence-corrected chi connectivity index (χ0v) is 15.9. The first kappa shape index (κ1) is 19.8. The van der Waals surface area contributed by atoms with Crippen molar-refractivity contribution in [2.75, 3.05) is 25.1 Å². The highest BCUT2D eigenvalue weighted by molar-refractivity contribution is 7.98. The van der Waals surface area contributed by atoms with Gasteiger partial charge in [0.25, 0.3) is 5.91 Å². The van der Waals surface area contributed by atoms with E-state index in [0.717, 1.165) is 25.1 Å². The number of carbonyl (C=O) groups excluding carboxylic acids is 2. The normalized spacial score (nSPS) is 20.0. The van der Waals surface area contributed by atoms with Gasteiger partial charge in [0.1, 0.15) is 6.04 Å². The van der Waals surface area contributed by atoms with Gasteiger partial charge in [0, 0.05) is 24.7 Å². The maximum Gasteiger partial charge on any atom is 0.251 e. The summed E-state index contributed by atoms with van der Waals surface area (Å²) in [4.78, 5) is 27.4. The number of carbonyl (C=O) groups is 2. The number of nitrogens with two attached hydrogens (primary N) is 1. The minimum absolute atomic E-state index is 0.0173. The van der Waals surface area contributed by atoms with Crippen LogP contribution >= 0.6 is 11.8 Å². The van der Waals surface area contributed by atoms with E-state index in [1.165, 1.54) is 0 Å². The van der Waals surface area contributed by atoms with E-state index in [-0.39, 0.29) is 17.9 Å². The molecule has 1 heterocycles. The molecule has 0 saturated carbocycles. The van der Waals surface area contributed by atoms with Crippen LogP contribution in [-0.4, -0.2) is 53.9 Å². The standard InChI is InChI=1S/C19H29N3O2S/c1-14(20)16-9-6-11-22(13-16)19(24)17(10-12-25-2)21-18(23)15-7-4-3-5-8-15/h3-5,7-8,14,16-17H,6,9-13,20H2,1-2H3,(H,21,23). The zero-order valence-electron chi connectivity index (χ0n) is 15.1. The van der Waals surface area contributed by atoms with Crippen molar-refractivity contribution >= 4 is 23.6 Å². The third kappa shape index (κ3) is 5.75. The van der Waals surface area contributed by atoms with Crippen LogP contribution in [0.25, 0.3) is 0 Å². The Labute approximate surface area is 154 Å². The van der Waals surface area contributed by atoms with Gasteiger partial charge >= 0.3 is 0 Å². The van der Waals surface area contributed by atoms with Crippen LogP contribution in [0, 0.1) is 5.92 Å². The zero-order chi connectivity index (χ0) is 18.2. The number of hydrogen-bond donors (Lipinski definition) is 2. The summed E-state index contributed by atoms with van der Waals surface area (Å²) in [6.45, 7) is 3.44. The summed E-state index contributed by atoms with van der Waals surface area (Å²) in [6.07, 6.45) is 4.68. The second-order valence-electron chi connectivity index (χ2n) is 6.72. The second-order valence-corrected chi connectivity index (χ2v) is 7.70. The summed E-state index contributed by atoms with van der Waals surface area (Å²) >= 11 is 1.68. The number of piperidine rings is 1. The summed E-state index contributed by atoms with van der Waals surface area (Å²) in [5.74, 6) is 0.990. The molecule has 25 heavy (non-hydrogen) atoms. The molecule has 0 aliphatic carbocycles. The molecule has 0 aromatic heterocycles. The molecule has 3 unspecified atom stereocenters. The van der Waals surface area contributed by atoms with Crippen molar-refractivity contribution in [1.82, 2.24) is 10.2 Å². The van der Waals surface area contributed by atoms with Gasteiger partial charge in [-0.25, -0.2) is 0 Å². The molecule has 1 aliphatic heterocycles. The topological polar surface area (TPSA) is 75.4 Å². The molecule has 2 amide bonds. The molecule has 2 rings (SSSR count). The molecule has 1 aliphatic rings. The van der Waals surface area contributed by atoms with Crippen molar-refractivity contribution in [3.8, 4) is 0 Å². The molecular formula is C19H29N3O2S. The van der Waals surface area contributed by atoms with E-state index in [1.54, 1.807) is 23.9 Å². The molecule has 138 valence electrons. The van der Waals surface area contributed by atoms with Crippen LogP contribution in [0.15, 0.2) is 30.3 Å².